The number of hydrogen-bond donors (Lipinski definition) is 0. The van der Waals surface area contributed by atoms with Crippen LogP contribution in [0.5, 0.6) is 11.5 Å². The van der Waals surface area contributed by atoms with Crippen molar-refractivity contribution in [3.63, 3.8) is 0 Å². The first kappa shape index (κ1) is 18.0. The van der Waals surface area contributed by atoms with Gasteiger partial charge in [-0.25, -0.2) is 4.79 Å². The number of allylic oxidation sites excluding steroid dienone is 1. The van der Waals surface area contributed by atoms with E-state index in [-0.39, 0.29) is 17.5 Å². The summed E-state index contributed by atoms with van der Waals surface area (Å²) in [5.74, 6) is 2.37. The Labute approximate surface area is 176 Å². The predicted octanol–water partition coefficient (Wildman–Crippen LogP) is 3.72. The molecule has 0 radical (unpaired) electrons. The molecule has 2 aliphatic heterocycles. The Morgan fingerprint density at radius 1 is 1.20 bits per heavy atom. The summed E-state index contributed by atoms with van der Waals surface area (Å²) < 4.78 is 18.2. The lowest BCUT2D eigenvalue weighted by Gasteiger charge is -2.56. The number of benzene rings is 2. The van der Waals surface area contributed by atoms with Crippen LogP contribution in [0.15, 0.2) is 54.3 Å². The topological polar surface area (TPSA) is 48.0 Å². The molecule has 2 aromatic rings. The van der Waals surface area contributed by atoms with E-state index in [1.807, 2.05) is 24.3 Å². The van der Waals surface area contributed by atoms with Crippen LogP contribution < -0.4 is 9.47 Å². The number of carbonyl (C=O) groups excluding carboxylic acids is 1. The number of rotatable bonds is 3. The lowest BCUT2D eigenvalue weighted by molar-refractivity contribution is -0.0272. The van der Waals surface area contributed by atoms with Gasteiger partial charge in [-0.3, -0.25) is 0 Å². The maximum absolute atomic E-state index is 12.8. The minimum Gasteiger partial charge on any atom is -0.493 e. The molecular formula is C25H25NO4. The van der Waals surface area contributed by atoms with Gasteiger partial charge < -0.3 is 19.1 Å². The molecule has 5 nitrogen and oxygen atoms in total. The molecule has 4 aliphatic rings. The van der Waals surface area contributed by atoms with Crippen LogP contribution in [0.2, 0.25) is 0 Å². The summed E-state index contributed by atoms with van der Waals surface area (Å²) in [4.78, 5) is 15.3. The van der Waals surface area contributed by atoms with E-state index in [0.717, 1.165) is 37.3 Å². The fraction of sp³-hybridized carbons (Fsp3) is 0.400. The highest BCUT2D eigenvalue weighted by Crippen LogP contribution is 2.63. The third kappa shape index (κ3) is 2.24. The van der Waals surface area contributed by atoms with Crippen LogP contribution in [0.3, 0.4) is 0 Å². The first-order valence-electron chi connectivity index (χ1n) is 10.7. The number of esters is 1. The van der Waals surface area contributed by atoms with Gasteiger partial charge in [0.05, 0.1) is 12.7 Å². The molecule has 2 bridgehead atoms. The Kier molecular flexibility index (Phi) is 3.81. The van der Waals surface area contributed by atoms with Gasteiger partial charge in [0.15, 0.2) is 17.6 Å². The highest BCUT2D eigenvalue weighted by molar-refractivity contribution is 5.90. The Balaban J connectivity index is 1.46. The smallest absolute Gasteiger partial charge is 0.343 e. The van der Waals surface area contributed by atoms with Crippen molar-refractivity contribution in [2.45, 2.75) is 36.8 Å². The maximum Gasteiger partial charge on any atom is 0.343 e. The summed E-state index contributed by atoms with van der Waals surface area (Å²) in [5.41, 5.74) is 3.03. The number of likely N-dealkylation sites (tertiary alicyclic amines) is 1. The molecule has 1 saturated heterocycles. The van der Waals surface area contributed by atoms with E-state index in [9.17, 15) is 4.79 Å². The SMILES string of the molecule is COc1ccc2c3c1O[C@H]1C(OC(=O)c4ccccc4)=CCC4[C@@H](C2)N(C)CC[C@@]341. The molecule has 0 amide bonds. The second-order valence-electron chi connectivity index (χ2n) is 8.88. The summed E-state index contributed by atoms with van der Waals surface area (Å²) in [5, 5.41) is 0. The van der Waals surface area contributed by atoms with Crippen molar-refractivity contribution in [1.29, 1.82) is 0 Å². The molecule has 6 rings (SSSR count). The lowest BCUT2D eigenvalue weighted by Crippen LogP contribution is -2.63. The number of likely N-dealkylation sites (N-methyl/N-ethyl adjacent to an activating group) is 1. The van der Waals surface area contributed by atoms with Gasteiger partial charge >= 0.3 is 5.97 Å². The third-order valence-electron chi connectivity index (χ3n) is 7.65. The highest BCUT2D eigenvalue weighted by Gasteiger charge is 2.64. The van der Waals surface area contributed by atoms with Crippen LogP contribution in [0.25, 0.3) is 0 Å². The Morgan fingerprint density at radius 3 is 2.83 bits per heavy atom. The second-order valence-corrected chi connectivity index (χ2v) is 8.88. The van der Waals surface area contributed by atoms with E-state index in [2.05, 4.69) is 24.1 Å². The Hall–Kier alpha value is -2.79. The average molecular weight is 403 g/mol. The molecule has 4 atom stereocenters. The summed E-state index contributed by atoms with van der Waals surface area (Å²) in [6.45, 7) is 1.01. The van der Waals surface area contributed by atoms with Crippen LogP contribution in [0, 0.1) is 5.92 Å². The van der Waals surface area contributed by atoms with E-state index in [1.54, 1.807) is 19.2 Å². The molecule has 5 heteroatoms. The molecule has 0 N–H and O–H groups in total. The van der Waals surface area contributed by atoms with E-state index in [1.165, 1.54) is 11.1 Å². The lowest BCUT2D eigenvalue weighted by atomic mass is 9.53. The van der Waals surface area contributed by atoms with Gasteiger partial charge in [0.25, 0.3) is 0 Å². The van der Waals surface area contributed by atoms with Crippen LogP contribution in [0.4, 0.5) is 0 Å². The molecule has 1 fully saturated rings. The molecule has 2 heterocycles. The van der Waals surface area contributed by atoms with E-state index in [0.29, 0.717) is 23.3 Å². The zero-order chi connectivity index (χ0) is 20.5. The summed E-state index contributed by atoms with van der Waals surface area (Å²) in [6.07, 6.45) is 4.71. The van der Waals surface area contributed by atoms with Gasteiger partial charge in [-0.05, 0) is 68.6 Å². The summed E-state index contributed by atoms with van der Waals surface area (Å²) in [7, 11) is 3.91. The summed E-state index contributed by atoms with van der Waals surface area (Å²) >= 11 is 0. The van der Waals surface area contributed by atoms with Crippen LogP contribution >= 0.6 is 0 Å². The van der Waals surface area contributed by atoms with Crippen molar-refractivity contribution < 1.29 is 19.0 Å². The monoisotopic (exact) mass is 403 g/mol. The number of carbonyl (C=O) groups is 1. The first-order chi connectivity index (χ1) is 14.6. The zero-order valence-electron chi connectivity index (χ0n) is 17.3. The van der Waals surface area contributed by atoms with Gasteiger partial charge in [-0.15, -0.1) is 0 Å². The van der Waals surface area contributed by atoms with Gasteiger partial charge in [-0.1, -0.05) is 24.3 Å². The third-order valence-corrected chi connectivity index (χ3v) is 7.65. The molecule has 154 valence electrons. The molecule has 2 aromatic carbocycles. The predicted molar refractivity (Wildman–Crippen MR) is 112 cm³/mol. The van der Waals surface area contributed by atoms with E-state index < -0.39 is 0 Å². The minimum absolute atomic E-state index is 0.157. The number of hydrogen-bond acceptors (Lipinski definition) is 5. The number of piperidine rings is 1. The largest absolute Gasteiger partial charge is 0.493 e. The first-order valence-corrected chi connectivity index (χ1v) is 10.7. The number of nitrogens with zero attached hydrogens (tertiary/aromatic N) is 1. The Bertz CT molecular complexity index is 1060. The second kappa shape index (κ2) is 6.35. The van der Waals surface area contributed by atoms with Crippen LogP contribution in [-0.4, -0.2) is 43.7 Å². The van der Waals surface area contributed by atoms with Crippen LogP contribution in [0.1, 0.15) is 34.3 Å². The van der Waals surface area contributed by atoms with Gasteiger partial charge in [0, 0.05) is 17.0 Å². The molecular weight excluding hydrogens is 378 g/mol. The van der Waals surface area contributed by atoms with Crippen molar-refractivity contribution in [3.8, 4) is 11.5 Å². The van der Waals surface area contributed by atoms with Gasteiger partial charge in [0.1, 0.15) is 5.76 Å². The van der Waals surface area contributed by atoms with Crippen molar-refractivity contribution >= 4 is 5.97 Å². The normalized spacial score (nSPS) is 30.7. The van der Waals surface area contributed by atoms with E-state index in [4.69, 9.17) is 14.2 Å². The Morgan fingerprint density at radius 2 is 2.03 bits per heavy atom. The molecule has 0 saturated carbocycles. The minimum atomic E-state index is -0.330. The highest BCUT2D eigenvalue weighted by atomic mass is 16.6. The molecule has 0 aromatic heterocycles. The molecule has 2 aliphatic carbocycles. The van der Waals surface area contributed by atoms with E-state index >= 15 is 0 Å². The van der Waals surface area contributed by atoms with Gasteiger partial charge in [-0.2, -0.15) is 0 Å². The van der Waals surface area contributed by atoms with Crippen molar-refractivity contribution in [3.05, 3.63) is 71.0 Å². The molecule has 1 unspecified atom stereocenters. The summed E-state index contributed by atoms with van der Waals surface area (Å²) in [6, 6.07) is 13.8. The fourth-order valence-corrected chi connectivity index (χ4v) is 6.30. The standard InChI is InChI=1S/C25H25NO4/c1-26-13-12-25-17-9-11-20(29-24(27)15-6-4-3-5-7-15)23(25)30-22-19(28-2)10-8-16(21(22)25)14-18(17)26/h3-8,10-11,17-18,23H,9,12-14H2,1-2H3/t17?,18-,23+,25+/m1/s1. The van der Waals surface area contributed by atoms with Crippen molar-refractivity contribution in [1.82, 2.24) is 4.90 Å². The average Bonchev–Trinajstić information content (AvgIpc) is 3.13. The van der Waals surface area contributed by atoms with Gasteiger partial charge in [0.2, 0.25) is 0 Å². The van der Waals surface area contributed by atoms with Crippen molar-refractivity contribution in [2.24, 2.45) is 5.92 Å². The molecule has 30 heavy (non-hydrogen) atoms. The zero-order valence-corrected chi connectivity index (χ0v) is 17.3. The number of methoxy groups -OCH3 is 1. The van der Waals surface area contributed by atoms with Crippen LogP contribution in [-0.2, 0) is 16.6 Å². The fourth-order valence-electron chi connectivity index (χ4n) is 6.30. The molecule has 1 spiro atoms. The maximum atomic E-state index is 12.8. The number of ether oxygens (including phenoxy) is 3. The van der Waals surface area contributed by atoms with Crippen molar-refractivity contribution in [2.75, 3.05) is 20.7 Å². The quantitative estimate of drug-likeness (QED) is 0.731.